The third-order valence-corrected chi connectivity index (χ3v) is 2.73. The lowest BCUT2D eigenvalue weighted by Gasteiger charge is -2.24. The number of likely N-dealkylation sites (tertiary alicyclic amines) is 1. The minimum atomic E-state index is -0.389. The first kappa shape index (κ1) is 10.5. The molecule has 0 saturated carbocycles. The van der Waals surface area contributed by atoms with Crippen molar-refractivity contribution in [2.45, 2.75) is 13.3 Å². The molecule has 0 bridgehead atoms. The van der Waals surface area contributed by atoms with Gasteiger partial charge in [0.15, 0.2) is 6.80 Å². The Balaban J connectivity index is 2.58. The molecule has 3 heteroatoms. The Morgan fingerprint density at radius 2 is 2.38 bits per heavy atom. The van der Waals surface area contributed by atoms with Crippen LogP contribution in [0.1, 0.15) is 13.3 Å². The fraction of sp³-hybridized carbons (Fsp3) is 0.800. The molecule has 0 aromatic heterocycles. The Morgan fingerprint density at radius 1 is 1.69 bits per heavy atom. The Morgan fingerprint density at radius 3 is 2.77 bits per heavy atom. The van der Waals surface area contributed by atoms with Crippen LogP contribution in [-0.2, 0) is 0 Å². The highest BCUT2D eigenvalue weighted by atomic mass is 19.1. The van der Waals surface area contributed by atoms with Crippen LogP contribution in [-0.4, -0.2) is 43.8 Å². The van der Waals surface area contributed by atoms with Crippen LogP contribution in [0, 0.1) is 5.92 Å². The van der Waals surface area contributed by atoms with E-state index in [1.165, 1.54) is 0 Å². The van der Waals surface area contributed by atoms with Gasteiger partial charge in [-0.05, 0) is 26.9 Å². The van der Waals surface area contributed by atoms with Gasteiger partial charge >= 0.3 is 0 Å². The van der Waals surface area contributed by atoms with Crippen molar-refractivity contribution in [2.24, 2.45) is 5.92 Å². The summed E-state index contributed by atoms with van der Waals surface area (Å²) in [6.07, 6.45) is 3.18. The van der Waals surface area contributed by atoms with Gasteiger partial charge in [-0.3, -0.25) is 0 Å². The second kappa shape index (κ2) is 4.61. The van der Waals surface area contributed by atoms with Crippen LogP contribution in [0.4, 0.5) is 4.39 Å². The molecule has 1 saturated heterocycles. The van der Waals surface area contributed by atoms with E-state index in [1.54, 1.807) is 4.90 Å². The van der Waals surface area contributed by atoms with Gasteiger partial charge in [-0.2, -0.15) is 0 Å². The predicted molar refractivity (Wildman–Crippen MR) is 53.1 cm³/mol. The van der Waals surface area contributed by atoms with E-state index in [4.69, 9.17) is 0 Å². The molecule has 2 nitrogen and oxygen atoms in total. The topological polar surface area (TPSA) is 6.48 Å². The van der Waals surface area contributed by atoms with Gasteiger partial charge in [0, 0.05) is 25.2 Å². The molecular formula is C10H19FN2. The van der Waals surface area contributed by atoms with Crippen molar-refractivity contribution >= 4 is 0 Å². The Bertz CT molecular complexity index is 191. The number of hydrogen-bond donors (Lipinski definition) is 0. The number of hydrogen-bond acceptors (Lipinski definition) is 2. The van der Waals surface area contributed by atoms with Crippen molar-refractivity contribution in [3.05, 3.63) is 11.8 Å². The van der Waals surface area contributed by atoms with Gasteiger partial charge in [-0.15, -0.1) is 0 Å². The quantitative estimate of drug-likeness (QED) is 0.619. The van der Waals surface area contributed by atoms with Crippen molar-refractivity contribution in [3.63, 3.8) is 0 Å². The average Bonchev–Trinajstić information content (AvgIpc) is 2.53. The number of alkyl halides is 1. The maximum absolute atomic E-state index is 12.4. The van der Waals surface area contributed by atoms with Crippen LogP contribution in [0.2, 0.25) is 0 Å². The van der Waals surface area contributed by atoms with Crippen LogP contribution in [0.15, 0.2) is 11.8 Å². The van der Waals surface area contributed by atoms with E-state index in [0.717, 1.165) is 25.2 Å². The Hall–Kier alpha value is -0.570. The Labute approximate surface area is 80.0 Å². The summed E-state index contributed by atoms with van der Waals surface area (Å²) < 4.78 is 12.4. The molecule has 1 heterocycles. The summed E-state index contributed by atoms with van der Waals surface area (Å²) in [4.78, 5) is 3.99. The largest absolute Gasteiger partial charge is 0.351 e. The van der Waals surface area contributed by atoms with Gasteiger partial charge in [-0.25, -0.2) is 4.39 Å². The molecule has 0 radical (unpaired) electrons. The van der Waals surface area contributed by atoms with Crippen LogP contribution in [0.5, 0.6) is 0 Å². The van der Waals surface area contributed by atoms with Gasteiger partial charge in [-0.1, -0.05) is 6.08 Å². The van der Waals surface area contributed by atoms with Crippen LogP contribution in [0.25, 0.3) is 0 Å². The lowest BCUT2D eigenvalue weighted by atomic mass is 10.0. The molecule has 1 rings (SSSR count). The minimum absolute atomic E-state index is 0.389. The number of allylic oxidation sites excluding steroid dienone is 1. The summed E-state index contributed by atoms with van der Waals surface area (Å²) in [6.45, 7) is 3.78. The molecule has 0 aromatic rings. The van der Waals surface area contributed by atoms with Gasteiger partial charge in [0.2, 0.25) is 0 Å². The SMILES string of the molecule is C/C=C(\C1CCN(C)C1)N(C)CF. The normalized spacial score (nSPS) is 25.2. The predicted octanol–water partition coefficient (Wildman–Crippen LogP) is 1.70. The molecule has 1 atom stereocenters. The molecule has 76 valence electrons. The highest BCUT2D eigenvalue weighted by Crippen LogP contribution is 2.24. The van der Waals surface area contributed by atoms with Crippen LogP contribution in [0.3, 0.4) is 0 Å². The maximum atomic E-state index is 12.4. The second-order valence-corrected chi connectivity index (χ2v) is 3.78. The van der Waals surface area contributed by atoms with Crippen molar-refractivity contribution < 1.29 is 4.39 Å². The van der Waals surface area contributed by atoms with E-state index in [2.05, 4.69) is 11.9 Å². The lowest BCUT2D eigenvalue weighted by Crippen LogP contribution is -2.24. The molecule has 0 N–H and O–H groups in total. The summed E-state index contributed by atoms with van der Waals surface area (Å²) in [7, 11) is 3.93. The molecule has 0 aromatic carbocycles. The van der Waals surface area contributed by atoms with E-state index in [1.807, 2.05) is 20.0 Å². The van der Waals surface area contributed by atoms with E-state index in [9.17, 15) is 4.39 Å². The van der Waals surface area contributed by atoms with Gasteiger partial charge in [0.25, 0.3) is 0 Å². The maximum Gasteiger partial charge on any atom is 0.161 e. The van der Waals surface area contributed by atoms with Gasteiger partial charge < -0.3 is 9.80 Å². The summed E-state index contributed by atoms with van der Waals surface area (Å²) in [5.74, 6) is 0.524. The molecule has 0 aliphatic carbocycles. The van der Waals surface area contributed by atoms with Crippen molar-refractivity contribution in [2.75, 3.05) is 34.0 Å². The molecule has 1 aliphatic rings. The van der Waals surface area contributed by atoms with E-state index in [0.29, 0.717) is 5.92 Å². The first-order valence-corrected chi connectivity index (χ1v) is 4.81. The average molecular weight is 186 g/mol. The summed E-state index contributed by atoms with van der Waals surface area (Å²) in [5.41, 5.74) is 1.15. The fourth-order valence-corrected chi connectivity index (χ4v) is 2.01. The monoisotopic (exact) mass is 186 g/mol. The number of nitrogens with zero attached hydrogens (tertiary/aromatic N) is 2. The standard InChI is InChI=1S/C10H19FN2/c1-4-10(13(3)8-11)9-5-6-12(2)7-9/h4,9H,5-8H2,1-3H3/b10-4+. The van der Waals surface area contributed by atoms with Crippen molar-refractivity contribution in [1.82, 2.24) is 9.80 Å². The number of rotatable bonds is 3. The highest BCUT2D eigenvalue weighted by molar-refractivity contribution is 5.06. The molecule has 0 amide bonds. The van der Waals surface area contributed by atoms with Crippen molar-refractivity contribution in [3.8, 4) is 0 Å². The zero-order valence-electron chi connectivity index (χ0n) is 8.76. The lowest BCUT2D eigenvalue weighted by molar-refractivity contribution is 0.247. The zero-order valence-corrected chi connectivity index (χ0v) is 8.76. The molecule has 13 heavy (non-hydrogen) atoms. The molecule has 0 spiro atoms. The van der Waals surface area contributed by atoms with Crippen LogP contribution >= 0.6 is 0 Å². The fourth-order valence-electron chi connectivity index (χ4n) is 2.01. The van der Waals surface area contributed by atoms with Gasteiger partial charge in [0.1, 0.15) is 0 Å². The molecular weight excluding hydrogens is 167 g/mol. The second-order valence-electron chi connectivity index (χ2n) is 3.78. The van der Waals surface area contributed by atoms with E-state index < -0.39 is 0 Å². The summed E-state index contributed by atoms with van der Waals surface area (Å²) in [5, 5.41) is 0. The Kier molecular flexibility index (Phi) is 3.72. The first-order chi connectivity index (χ1) is 6.19. The van der Waals surface area contributed by atoms with Crippen LogP contribution < -0.4 is 0 Å². The van der Waals surface area contributed by atoms with Crippen molar-refractivity contribution in [1.29, 1.82) is 0 Å². The van der Waals surface area contributed by atoms with Gasteiger partial charge in [0.05, 0.1) is 0 Å². The van der Waals surface area contributed by atoms with E-state index in [-0.39, 0.29) is 6.80 Å². The smallest absolute Gasteiger partial charge is 0.161 e. The third kappa shape index (κ3) is 2.44. The highest BCUT2D eigenvalue weighted by Gasteiger charge is 2.24. The summed E-state index contributed by atoms with van der Waals surface area (Å²) in [6, 6.07) is 0. The molecule has 1 unspecified atom stereocenters. The minimum Gasteiger partial charge on any atom is -0.351 e. The third-order valence-electron chi connectivity index (χ3n) is 2.73. The first-order valence-electron chi connectivity index (χ1n) is 4.81. The van der Waals surface area contributed by atoms with E-state index >= 15 is 0 Å². The molecule has 1 aliphatic heterocycles. The summed E-state index contributed by atoms with van der Waals surface area (Å²) >= 11 is 0. The molecule has 1 fully saturated rings. The number of halogens is 1. The zero-order chi connectivity index (χ0) is 9.84.